The number of rotatable bonds is 2. The van der Waals surface area contributed by atoms with Crippen molar-refractivity contribution in [1.82, 2.24) is 0 Å². The summed E-state index contributed by atoms with van der Waals surface area (Å²) in [4.78, 5) is 0. The van der Waals surface area contributed by atoms with Crippen LogP contribution in [0.2, 0.25) is 0 Å². The first-order chi connectivity index (χ1) is 4.77. The molecule has 0 aliphatic heterocycles. The summed E-state index contributed by atoms with van der Waals surface area (Å²) in [7, 11) is 0. The SMILES string of the molecule is [2H]C([2H])(O)C1(CO)CC1([2H])[2H]. The Kier molecular flexibility index (Phi) is 0.423. The van der Waals surface area contributed by atoms with E-state index in [-0.39, 0.29) is 6.42 Å². The van der Waals surface area contributed by atoms with Gasteiger partial charge in [-0.2, -0.15) is 0 Å². The van der Waals surface area contributed by atoms with E-state index in [4.69, 9.17) is 15.7 Å². The van der Waals surface area contributed by atoms with Crippen molar-refractivity contribution < 1.29 is 15.7 Å². The third-order valence-corrected chi connectivity index (χ3v) is 1.09. The first kappa shape index (κ1) is 2.03. The molecule has 0 radical (unpaired) electrons. The van der Waals surface area contributed by atoms with Crippen LogP contribution < -0.4 is 0 Å². The molecule has 0 aromatic heterocycles. The predicted molar refractivity (Wildman–Crippen MR) is 25.8 cm³/mol. The zero-order valence-corrected chi connectivity index (χ0v) is 3.81. The fourth-order valence-electron chi connectivity index (χ4n) is 0.333. The second-order valence-corrected chi connectivity index (χ2v) is 1.71. The molecule has 0 heterocycles. The van der Waals surface area contributed by atoms with E-state index in [1.165, 1.54) is 0 Å². The van der Waals surface area contributed by atoms with Crippen molar-refractivity contribution in [2.75, 3.05) is 13.2 Å². The minimum atomic E-state index is -2.63. The summed E-state index contributed by atoms with van der Waals surface area (Å²) in [5.41, 5.74) is -1.60. The fourth-order valence-corrected chi connectivity index (χ4v) is 0.333. The van der Waals surface area contributed by atoms with Gasteiger partial charge in [0.2, 0.25) is 0 Å². The summed E-state index contributed by atoms with van der Waals surface area (Å²) in [6.07, 6.45) is -1.90. The van der Waals surface area contributed by atoms with Gasteiger partial charge in [0.05, 0.1) is 15.9 Å². The molecule has 1 rings (SSSR count). The van der Waals surface area contributed by atoms with E-state index < -0.39 is 25.0 Å². The quantitative estimate of drug-likeness (QED) is 0.509. The average molecular weight is 106 g/mol. The van der Waals surface area contributed by atoms with E-state index in [1.54, 1.807) is 0 Å². The first-order valence-corrected chi connectivity index (χ1v) is 2.10. The van der Waals surface area contributed by atoms with Crippen LogP contribution in [-0.2, 0) is 0 Å². The average Bonchev–Trinajstić information content (AvgIpc) is 2.33. The van der Waals surface area contributed by atoms with Crippen LogP contribution in [0.25, 0.3) is 0 Å². The van der Waals surface area contributed by atoms with E-state index in [2.05, 4.69) is 0 Å². The van der Waals surface area contributed by atoms with Gasteiger partial charge in [-0.1, -0.05) is 0 Å². The summed E-state index contributed by atoms with van der Waals surface area (Å²) >= 11 is 0. The van der Waals surface area contributed by atoms with Gasteiger partial charge in [-0.05, 0) is 12.8 Å². The number of hydrogen-bond donors (Lipinski definition) is 2. The summed E-state index contributed by atoms with van der Waals surface area (Å²) in [6, 6.07) is 0. The van der Waals surface area contributed by atoms with Crippen LogP contribution >= 0.6 is 0 Å². The highest BCUT2D eigenvalue weighted by Gasteiger charge is 2.41. The molecule has 2 N–H and O–H groups in total. The van der Waals surface area contributed by atoms with Crippen molar-refractivity contribution >= 4 is 0 Å². The number of hydrogen-bond acceptors (Lipinski definition) is 2. The second-order valence-electron chi connectivity index (χ2n) is 1.71. The Labute approximate surface area is 48.4 Å². The van der Waals surface area contributed by atoms with E-state index >= 15 is 0 Å². The maximum Gasteiger partial charge on any atom is 0.0570 e. The molecule has 1 aliphatic carbocycles. The third kappa shape index (κ3) is 0.763. The zero-order valence-electron chi connectivity index (χ0n) is 7.81. The molecule has 2 heteroatoms. The Hall–Kier alpha value is -0.0800. The molecule has 2 nitrogen and oxygen atoms in total. The zero-order chi connectivity index (χ0) is 8.91. The molecule has 0 aromatic carbocycles. The van der Waals surface area contributed by atoms with Crippen LogP contribution in [0.3, 0.4) is 0 Å². The monoisotopic (exact) mass is 106 g/mol. The molecule has 1 atom stereocenters. The Morgan fingerprint density at radius 1 is 1.86 bits per heavy atom. The standard InChI is InChI=1S/C5H10O2/c6-3-5(4-7)1-2-5/h6-7H,1-4H2/i1D2,3D2. The lowest BCUT2D eigenvalue weighted by Crippen LogP contribution is -2.10. The molecule has 0 amide bonds. The lowest BCUT2D eigenvalue weighted by atomic mass is 10.1. The molecule has 42 valence electrons. The summed E-state index contributed by atoms with van der Waals surface area (Å²) in [5.74, 6) is 0. The van der Waals surface area contributed by atoms with Gasteiger partial charge in [0, 0.05) is 8.16 Å². The maximum atomic E-state index is 8.88. The minimum absolute atomic E-state index is 0.125. The van der Waals surface area contributed by atoms with Crippen LogP contribution in [0.5, 0.6) is 0 Å². The van der Waals surface area contributed by atoms with Crippen LogP contribution in [0.1, 0.15) is 18.3 Å². The van der Waals surface area contributed by atoms with Crippen molar-refractivity contribution in [2.24, 2.45) is 5.41 Å². The van der Waals surface area contributed by atoms with Crippen molar-refractivity contribution in [3.05, 3.63) is 0 Å². The smallest absolute Gasteiger partial charge is 0.0570 e. The van der Waals surface area contributed by atoms with Gasteiger partial charge in [-0.15, -0.1) is 0 Å². The van der Waals surface area contributed by atoms with Crippen molar-refractivity contribution in [3.63, 3.8) is 0 Å². The highest BCUT2D eigenvalue weighted by atomic mass is 16.3. The highest BCUT2D eigenvalue weighted by Crippen LogP contribution is 2.43. The third-order valence-electron chi connectivity index (χ3n) is 1.09. The Morgan fingerprint density at radius 2 is 2.43 bits per heavy atom. The predicted octanol–water partition coefficient (Wildman–Crippen LogP) is -0.249. The molecule has 0 spiro atoms. The van der Waals surface area contributed by atoms with Gasteiger partial charge < -0.3 is 10.2 Å². The molecule has 1 saturated carbocycles. The van der Waals surface area contributed by atoms with Crippen molar-refractivity contribution in [3.8, 4) is 0 Å². The van der Waals surface area contributed by atoms with Crippen LogP contribution in [0.15, 0.2) is 0 Å². The van der Waals surface area contributed by atoms with Gasteiger partial charge in [-0.3, -0.25) is 0 Å². The van der Waals surface area contributed by atoms with Gasteiger partial charge >= 0.3 is 0 Å². The topological polar surface area (TPSA) is 40.5 Å². The van der Waals surface area contributed by atoms with Crippen LogP contribution in [0.4, 0.5) is 0 Å². The Morgan fingerprint density at radius 3 is 2.43 bits per heavy atom. The van der Waals surface area contributed by atoms with Crippen LogP contribution in [-0.4, -0.2) is 23.4 Å². The molecule has 1 unspecified atom stereocenters. The molecule has 1 aliphatic rings. The Bertz CT molecular complexity index is 176. The molecular formula is C5H10O2. The lowest BCUT2D eigenvalue weighted by molar-refractivity contribution is 0.134. The summed E-state index contributed by atoms with van der Waals surface area (Å²) < 4.78 is 28.0. The number of aliphatic hydroxyl groups is 2. The van der Waals surface area contributed by atoms with E-state index in [0.29, 0.717) is 0 Å². The first-order valence-electron chi connectivity index (χ1n) is 4.10. The summed E-state index contributed by atoms with van der Waals surface area (Å²) in [5, 5.41) is 17.6. The van der Waals surface area contributed by atoms with E-state index in [9.17, 15) is 0 Å². The van der Waals surface area contributed by atoms with E-state index in [1.807, 2.05) is 0 Å². The molecule has 1 fully saturated rings. The minimum Gasteiger partial charge on any atom is -0.396 e. The van der Waals surface area contributed by atoms with Crippen LogP contribution in [0, 0.1) is 5.41 Å². The van der Waals surface area contributed by atoms with Gasteiger partial charge in [-0.25, -0.2) is 0 Å². The number of aliphatic hydroxyl groups excluding tert-OH is 1. The maximum absolute atomic E-state index is 8.88. The van der Waals surface area contributed by atoms with Crippen molar-refractivity contribution in [1.29, 1.82) is 0 Å². The largest absolute Gasteiger partial charge is 0.396 e. The van der Waals surface area contributed by atoms with Gasteiger partial charge in [0.1, 0.15) is 0 Å². The van der Waals surface area contributed by atoms with Crippen molar-refractivity contribution in [2.45, 2.75) is 12.8 Å². The molecule has 7 heavy (non-hydrogen) atoms. The second kappa shape index (κ2) is 1.46. The summed E-state index contributed by atoms with van der Waals surface area (Å²) in [6.45, 7) is -3.30. The molecule has 0 aromatic rings. The van der Waals surface area contributed by atoms with Gasteiger partial charge in [0.15, 0.2) is 0 Å². The highest BCUT2D eigenvalue weighted by molar-refractivity contribution is 4.91. The molecule has 0 saturated heterocycles. The fraction of sp³-hybridized carbons (Fsp3) is 1.00. The normalized spacial score (nSPS) is 56.3. The molecule has 0 bridgehead atoms. The molecular weight excluding hydrogens is 92.1 g/mol. The van der Waals surface area contributed by atoms with Gasteiger partial charge in [0.25, 0.3) is 0 Å². The lowest BCUT2D eigenvalue weighted by Gasteiger charge is -2.02. The van der Waals surface area contributed by atoms with E-state index in [0.717, 1.165) is 0 Å². The Balaban J connectivity index is 2.84.